The molecule has 0 radical (unpaired) electrons. The van der Waals surface area contributed by atoms with E-state index in [1.807, 2.05) is 0 Å². The summed E-state index contributed by atoms with van der Waals surface area (Å²) < 4.78 is 0. The third kappa shape index (κ3) is 4.50. The molecule has 35 heavy (non-hydrogen) atoms. The molecule has 4 aromatic carbocycles. The van der Waals surface area contributed by atoms with Gasteiger partial charge >= 0.3 is 0 Å². The Labute approximate surface area is 216 Å². The minimum Gasteiger partial charge on any atom is -0.143 e. The van der Waals surface area contributed by atoms with Crippen molar-refractivity contribution in [3.8, 4) is 0 Å². The van der Waals surface area contributed by atoms with Crippen molar-refractivity contribution in [2.45, 2.75) is 50.8 Å². The molecule has 4 aromatic rings. The summed E-state index contributed by atoms with van der Waals surface area (Å²) in [5.41, 5.74) is 10.7. The molecule has 0 saturated heterocycles. The Morgan fingerprint density at radius 3 is 1.97 bits per heavy atom. The van der Waals surface area contributed by atoms with Crippen molar-refractivity contribution in [3.05, 3.63) is 136 Å². The Bertz CT molecular complexity index is 1330. The molecule has 1 heteroatoms. The molecule has 0 saturated carbocycles. The summed E-state index contributed by atoms with van der Waals surface area (Å²) in [6.07, 6.45) is 4.38. The van der Waals surface area contributed by atoms with Crippen molar-refractivity contribution in [2.24, 2.45) is 5.41 Å². The molecule has 0 bridgehead atoms. The second-order valence-corrected chi connectivity index (χ2v) is 11.6. The first kappa shape index (κ1) is 23.7. The number of hydrogen-bond donors (Lipinski definition) is 1. The van der Waals surface area contributed by atoms with Gasteiger partial charge in [0.25, 0.3) is 0 Å². The van der Waals surface area contributed by atoms with Crippen LogP contribution in [0.25, 0.3) is 11.6 Å². The molecular weight excluding hydrogens is 440 g/mol. The van der Waals surface area contributed by atoms with Crippen LogP contribution in [0.1, 0.15) is 66.1 Å². The van der Waals surface area contributed by atoms with E-state index in [4.69, 9.17) is 12.6 Å². The van der Waals surface area contributed by atoms with Crippen molar-refractivity contribution in [1.29, 1.82) is 0 Å². The van der Waals surface area contributed by atoms with Crippen LogP contribution in [0, 0.1) is 12.3 Å². The van der Waals surface area contributed by atoms with E-state index in [-0.39, 0.29) is 10.8 Å². The van der Waals surface area contributed by atoms with Gasteiger partial charge in [0.1, 0.15) is 0 Å². The lowest BCUT2D eigenvalue weighted by Gasteiger charge is -2.32. The average Bonchev–Trinajstić information content (AvgIpc) is 3.17. The highest BCUT2D eigenvalue weighted by molar-refractivity contribution is 7.80. The van der Waals surface area contributed by atoms with Gasteiger partial charge < -0.3 is 0 Å². The van der Waals surface area contributed by atoms with E-state index in [1.54, 1.807) is 0 Å². The number of thiol groups is 1. The van der Waals surface area contributed by atoms with E-state index in [9.17, 15) is 0 Å². The molecule has 0 aliphatic heterocycles. The van der Waals surface area contributed by atoms with Crippen LogP contribution in [0.3, 0.4) is 0 Å². The van der Waals surface area contributed by atoms with E-state index < -0.39 is 0 Å². The molecule has 5 rings (SSSR count). The maximum Gasteiger partial charge on any atom is 0.0497 e. The normalized spacial score (nSPS) is 15.9. The molecule has 0 spiro atoms. The number of allylic oxidation sites excluding steroid dienone is 1. The van der Waals surface area contributed by atoms with Gasteiger partial charge in [0, 0.05) is 10.3 Å². The molecule has 0 N–H and O–H groups in total. The summed E-state index contributed by atoms with van der Waals surface area (Å²) >= 11 is 4.92. The standard InChI is InChI=1S/C34H34S/c1-24-19-25(30(32(35)20-24)23-33(2,3)4)21-26-22-34(27-13-7-5-8-14-27,28-15-9-6-10-16-28)31-18-12-11-17-29(26)31/h5-21,35H,22-23H2,1-4H3/b26-21+. The zero-order chi connectivity index (χ0) is 24.6. The van der Waals surface area contributed by atoms with Crippen LogP contribution in [0.5, 0.6) is 0 Å². The highest BCUT2D eigenvalue weighted by Crippen LogP contribution is 2.54. The lowest BCUT2D eigenvalue weighted by molar-refractivity contribution is 0.408. The molecule has 1 aliphatic carbocycles. The molecule has 0 heterocycles. The fraction of sp³-hybridized carbons (Fsp3) is 0.235. The van der Waals surface area contributed by atoms with Crippen LogP contribution in [0.2, 0.25) is 0 Å². The van der Waals surface area contributed by atoms with Gasteiger partial charge in [-0.2, -0.15) is 0 Å². The largest absolute Gasteiger partial charge is 0.143 e. The third-order valence-electron chi connectivity index (χ3n) is 7.16. The fourth-order valence-corrected chi connectivity index (χ4v) is 6.14. The van der Waals surface area contributed by atoms with Crippen LogP contribution < -0.4 is 0 Å². The minimum absolute atomic E-state index is 0.186. The third-order valence-corrected chi connectivity index (χ3v) is 7.56. The predicted molar refractivity (Wildman–Crippen MR) is 153 cm³/mol. The fourth-order valence-electron chi connectivity index (χ4n) is 5.73. The Kier molecular flexibility index (Phi) is 6.23. The first-order valence-electron chi connectivity index (χ1n) is 12.5. The highest BCUT2D eigenvalue weighted by Gasteiger charge is 2.43. The minimum atomic E-state index is -0.206. The Morgan fingerprint density at radius 2 is 1.37 bits per heavy atom. The van der Waals surface area contributed by atoms with Gasteiger partial charge in [0.2, 0.25) is 0 Å². The first-order chi connectivity index (χ1) is 16.8. The van der Waals surface area contributed by atoms with Crippen molar-refractivity contribution in [1.82, 2.24) is 0 Å². The van der Waals surface area contributed by atoms with Crippen molar-refractivity contribution in [3.63, 3.8) is 0 Å². The zero-order valence-electron chi connectivity index (χ0n) is 21.2. The topological polar surface area (TPSA) is 0 Å². The van der Waals surface area contributed by atoms with E-state index in [0.29, 0.717) is 0 Å². The second-order valence-electron chi connectivity index (χ2n) is 11.1. The summed E-state index contributed by atoms with van der Waals surface area (Å²) in [5, 5.41) is 0. The molecule has 0 amide bonds. The van der Waals surface area contributed by atoms with E-state index in [0.717, 1.165) is 17.7 Å². The molecule has 176 valence electrons. The van der Waals surface area contributed by atoms with Crippen molar-refractivity contribution < 1.29 is 0 Å². The molecule has 0 nitrogen and oxygen atoms in total. The monoisotopic (exact) mass is 474 g/mol. The van der Waals surface area contributed by atoms with Gasteiger partial charge in [-0.05, 0) is 75.8 Å². The van der Waals surface area contributed by atoms with Crippen molar-refractivity contribution >= 4 is 24.3 Å². The average molecular weight is 475 g/mol. The quantitative estimate of drug-likeness (QED) is 0.280. The number of benzene rings is 4. The Morgan fingerprint density at radius 1 is 0.800 bits per heavy atom. The SMILES string of the molecule is Cc1cc(S)c(CC(C)(C)C)c(/C=C2\CC(c3ccccc3)(c3ccccc3)c3ccccc32)c1. The number of aryl methyl sites for hydroxylation is 1. The van der Waals surface area contributed by atoms with Gasteiger partial charge in [-0.25, -0.2) is 0 Å². The van der Waals surface area contributed by atoms with Crippen LogP contribution >= 0.6 is 12.6 Å². The van der Waals surface area contributed by atoms with Gasteiger partial charge in [0.15, 0.2) is 0 Å². The van der Waals surface area contributed by atoms with Crippen LogP contribution in [-0.2, 0) is 11.8 Å². The van der Waals surface area contributed by atoms with Gasteiger partial charge in [-0.15, -0.1) is 12.6 Å². The molecule has 0 aromatic heterocycles. The molecule has 0 unspecified atom stereocenters. The smallest absolute Gasteiger partial charge is 0.0497 e. The lowest BCUT2D eigenvalue weighted by atomic mass is 9.70. The summed E-state index contributed by atoms with van der Waals surface area (Å²) in [6.45, 7) is 9.08. The summed E-state index contributed by atoms with van der Waals surface area (Å²) in [7, 11) is 0. The number of rotatable bonds is 4. The maximum absolute atomic E-state index is 4.92. The Balaban J connectivity index is 1.75. The lowest BCUT2D eigenvalue weighted by Crippen LogP contribution is -2.26. The van der Waals surface area contributed by atoms with Crippen molar-refractivity contribution in [2.75, 3.05) is 0 Å². The zero-order valence-corrected chi connectivity index (χ0v) is 22.1. The second kappa shape index (κ2) is 9.21. The molecular formula is C34H34S. The van der Waals surface area contributed by atoms with Gasteiger partial charge in [-0.3, -0.25) is 0 Å². The Hall–Kier alpha value is -3.03. The van der Waals surface area contributed by atoms with Gasteiger partial charge in [0.05, 0.1) is 0 Å². The van der Waals surface area contributed by atoms with E-state index in [1.165, 1.54) is 44.5 Å². The first-order valence-corrected chi connectivity index (χ1v) is 13.0. The summed E-state index contributed by atoms with van der Waals surface area (Å²) in [5.74, 6) is 0. The maximum atomic E-state index is 4.92. The van der Waals surface area contributed by atoms with E-state index in [2.05, 4.69) is 131 Å². The number of fused-ring (bicyclic) bond motifs is 1. The number of hydrogen-bond acceptors (Lipinski definition) is 1. The molecule has 0 atom stereocenters. The van der Waals surface area contributed by atoms with Crippen LogP contribution in [0.4, 0.5) is 0 Å². The summed E-state index contributed by atoms with van der Waals surface area (Å²) in [6, 6.07) is 35.6. The molecule has 1 aliphatic rings. The molecule has 0 fully saturated rings. The van der Waals surface area contributed by atoms with Gasteiger partial charge in [-0.1, -0.05) is 118 Å². The highest BCUT2D eigenvalue weighted by atomic mass is 32.1. The van der Waals surface area contributed by atoms with E-state index >= 15 is 0 Å². The van der Waals surface area contributed by atoms with Crippen LogP contribution in [-0.4, -0.2) is 0 Å². The summed E-state index contributed by atoms with van der Waals surface area (Å²) in [4.78, 5) is 1.09. The predicted octanol–water partition coefficient (Wildman–Crippen LogP) is 9.15. The van der Waals surface area contributed by atoms with Crippen LogP contribution in [0.15, 0.2) is 102 Å².